The number of hydrogen-bond acceptors (Lipinski definition) is 2. The van der Waals surface area contributed by atoms with E-state index in [1.165, 1.54) is 17.5 Å². The summed E-state index contributed by atoms with van der Waals surface area (Å²) in [5.74, 6) is 0.552. The minimum atomic E-state index is -0.0949. The van der Waals surface area contributed by atoms with E-state index in [1.54, 1.807) is 0 Å². The first-order valence-corrected chi connectivity index (χ1v) is 6.26. The Morgan fingerprint density at radius 1 is 1.19 bits per heavy atom. The summed E-state index contributed by atoms with van der Waals surface area (Å²) in [5.41, 5.74) is 8.21. The largest absolute Gasteiger partial charge is 0.393 e. The molecule has 88 valence electrons. The molecule has 16 heavy (non-hydrogen) atoms. The Morgan fingerprint density at radius 2 is 1.94 bits per heavy atom. The van der Waals surface area contributed by atoms with Crippen LogP contribution in [0.15, 0.2) is 24.3 Å². The molecule has 1 aliphatic carbocycles. The number of rotatable bonds is 3. The van der Waals surface area contributed by atoms with Gasteiger partial charge in [0.1, 0.15) is 0 Å². The van der Waals surface area contributed by atoms with Crippen LogP contribution in [-0.4, -0.2) is 17.8 Å². The van der Waals surface area contributed by atoms with Gasteiger partial charge in [0.2, 0.25) is 0 Å². The van der Waals surface area contributed by atoms with Crippen LogP contribution in [0, 0.1) is 0 Å². The van der Waals surface area contributed by atoms with Crippen molar-refractivity contribution >= 4 is 0 Å². The lowest BCUT2D eigenvalue weighted by molar-refractivity contribution is 0.119. The van der Waals surface area contributed by atoms with Crippen LogP contribution in [0.2, 0.25) is 0 Å². The van der Waals surface area contributed by atoms with E-state index in [9.17, 15) is 5.11 Å². The fourth-order valence-corrected chi connectivity index (χ4v) is 2.59. The molecule has 2 rings (SSSR count). The Labute approximate surface area is 97.5 Å². The molecule has 0 amide bonds. The van der Waals surface area contributed by atoms with Crippen molar-refractivity contribution in [2.45, 2.75) is 44.1 Å². The molecule has 2 heteroatoms. The average molecular weight is 219 g/mol. The first-order valence-electron chi connectivity index (χ1n) is 6.26. The Balaban J connectivity index is 2.03. The number of benzene rings is 1. The van der Waals surface area contributed by atoms with Gasteiger partial charge in [-0.3, -0.25) is 0 Å². The molecule has 3 N–H and O–H groups in total. The monoisotopic (exact) mass is 219 g/mol. The summed E-state index contributed by atoms with van der Waals surface area (Å²) < 4.78 is 0. The fourth-order valence-electron chi connectivity index (χ4n) is 2.59. The Hall–Kier alpha value is -0.860. The van der Waals surface area contributed by atoms with Gasteiger partial charge in [-0.15, -0.1) is 0 Å². The lowest BCUT2D eigenvalue weighted by Gasteiger charge is -2.26. The minimum Gasteiger partial charge on any atom is -0.393 e. The van der Waals surface area contributed by atoms with Crippen molar-refractivity contribution in [3.63, 3.8) is 0 Å². The van der Waals surface area contributed by atoms with Gasteiger partial charge in [-0.1, -0.05) is 30.7 Å². The lowest BCUT2D eigenvalue weighted by atomic mass is 9.82. The third kappa shape index (κ3) is 2.83. The molecular weight excluding hydrogens is 198 g/mol. The van der Waals surface area contributed by atoms with Crippen molar-refractivity contribution in [3.8, 4) is 0 Å². The van der Waals surface area contributed by atoms with Crippen LogP contribution < -0.4 is 5.73 Å². The quantitative estimate of drug-likeness (QED) is 0.818. The summed E-state index contributed by atoms with van der Waals surface area (Å²) in [6.45, 7) is 0.710. The SMILES string of the molecule is NCCc1ccc(C2CCCC(O)C2)cc1. The Morgan fingerprint density at radius 3 is 2.56 bits per heavy atom. The second kappa shape index (κ2) is 5.46. The van der Waals surface area contributed by atoms with E-state index in [0.717, 1.165) is 25.7 Å². The molecule has 1 aromatic rings. The van der Waals surface area contributed by atoms with E-state index in [-0.39, 0.29) is 6.10 Å². The van der Waals surface area contributed by atoms with Crippen molar-refractivity contribution in [3.05, 3.63) is 35.4 Å². The molecule has 0 spiro atoms. The van der Waals surface area contributed by atoms with Crippen LogP contribution in [-0.2, 0) is 6.42 Å². The highest BCUT2D eigenvalue weighted by Gasteiger charge is 2.21. The van der Waals surface area contributed by atoms with Gasteiger partial charge in [-0.2, -0.15) is 0 Å². The van der Waals surface area contributed by atoms with E-state index in [2.05, 4.69) is 24.3 Å². The van der Waals surface area contributed by atoms with Crippen LogP contribution in [0.1, 0.15) is 42.7 Å². The molecule has 0 aliphatic heterocycles. The van der Waals surface area contributed by atoms with Crippen molar-refractivity contribution in [1.29, 1.82) is 0 Å². The van der Waals surface area contributed by atoms with Crippen LogP contribution in [0.5, 0.6) is 0 Å². The van der Waals surface area contributed by atoms with Crippen molar-refractivity contribution < 1.29 is 5.11 Å². The molecule has 1 aliphatic rings. The molecule has 0 bridgehead atoms. The molecule has 2 nitrogen and oxygen atoms in total. The predicted octanol–water partition coefficient (Wildman–Crippen LogP) is 2.21. The highest BCUT2D eigenvalue weighted by molar-refractivity contribution is 5.26. The average Bonchev–Trinajstić information content (AvgIpc) is 2.30. The van der Waals surface area contributed by atoms with Gasteiger partial charge in [-0.25, -0.2) is 0 Å². The van der Waals surface area contributed by atoms with Gasteiger partial charge < -0.3 is 10.8 Å². The first-order chi connectivity index (χ1) is 7.79. The highest BCUT2D eigenvalue weighted by atomic mass is 16.3. The van der Waals surface area contributed by atoms with Gasteiger partial charge in [0, 0.05) is 0 Å². The maximum atomic E-state index is 9.66. The molecule has 0 heterocycles. The summed E-state index contributed by atoms with van der Waals surface area (Å²) in [6.07, 6.45) is 5.12. The lowest BCUT2D eigenvalue weighted by Crippen LogP contribution is -2.18. The third-order valence-corrected chi connectivity index (χ3v) is 3.53. The van der Waals surface area contributed by atoms with Crippen LogP contribution in [0.3, 0.4) is 0 Å². The molecule has 0 radical (unpaired) electrons. The number of nitrogens with two attached hydrogens (primary N) is 1. The molecule has 2 unspecified atom stereocenters. The summed E-state index contributed by atoms with van der Waals surface area (Å²) >= 11 is 0. The molecule has 1 aromatic carbocycles. The van der Waals surface area contributed by atoms with Gasteiger partial charge >= 0.3 is 0 Å². The van der Waals surface area contributed by atoms with Crippen LogP contribution >= 0.6 is 0 Å². The molecule has 1 saturated carbocycles. The van der Waals surface area contributed by atoms with Crippen molar-refractivity contribution in [2.75, 3.05) is 6.54 Å². The van der Waals surface area contributed by atoms with Gasteiger partial charge in [0.25, 0.3) is 0 Å². The Bertz CT molecular complexity index is 320. The molecule has 2 atom stereocenters. The number of hydrogen-bond donors (Lipinski definition) is 2. The normalized spacial score (nSPS) is 25.6. The molecular formula is C14H21NO. The molecule has 0 saturated heterocycles. The number of aliphatic hydroxyl groups is 1. The van der Waals surface area contributed by atoms with E-state index in [0.29, 0.717) is 12.5 Å². The minimum absolute atomic E-state index is 0.0949. The standard InChI is InChI=1S/C14H21NO/c15-9-8-11-4-6-12(7-5-11)13-2-1-3-14(16)10-13/h4-7,13-14,16H,1-3,8-10,15H2. The first kappa shape index (κ1) is 11.6. The van der Waals surface area contributed by atoms with Crippen LogP contribution in [0.25, 0.3) is 0 Å². The van der Waals surface area contributed by atoms with Crippen molar-refractivity contribution in [1.82, 2.24) is 0 Å². The van der Waals surface area contributed by atoms with Gasteiger partial charge in [-0.05, 0) is 49.3 Å². The summed E-state index contributed by atoms with van der Waals surface area (Å²) in [4.78, 5) is 0. The molecule has 1 fully saturated rings. The smallest absolute Gasteiger partial charge is 0.0546 e. The third-order valence-electron chi connectivity index (χ3n) is 3.53. The summed E-state index contributed by atoms with van der Waals surface area (Å²) in [7, 11) is 0. The highest BCUT2D eigenvalue weighted by Crippen LogP contribution is 2.32. The summed E-state index contributed by atoms with van der Waals surface area (Å²) in [5, 5.41) is 9.66. The topological polar surface area (TPSA) is 46.2 Å². The van der Waals surface area contributed by atoms with Gasteiger partial charge in [0.05, 0.1) is 6.10 Å². The maximum Gasteiger partial charge on any atom is 0.0546 e. The second-order valence-corrected chi connectivity index (χ2v) is 4.80. The zero-order chi connectivity index (χ0) is 11.4. The van der Waals surface area contributed by atoms with E-state index < -0.39 is 0 Å². The zero-order valence-electron chi connectivity index (χ0n) is 9.73. The second-order valence-electron chi connectivity index (χ2n) is 4.80. The summed E-state index contributed by atoms with van der Waals surface area (Å²) in [6, 6.07) is 8.74. The van der Waals surface area contributed by atoms with Crippen molar-refractivity contribution in [2.24, 2.45) is 5.73 Å². The van der Waals surface area contributed by atoms with E-state index >= 15 is 0 Å². The Kier molecular flexibility index (Phi) is 3.97. The van der Waals surface area contributed by atoms with E-state index in [1.807, 2.05) is 0 Å². The molecule has 0 aromatic heterocycles. The number of aliphatic hydroxyl groups excluding tert-OH is 1. The van der Waals surface area contributed by atoms with Crippen LogP contribution in [0.4, 0.5) is 0 Å². The van der Waals surface area contributed by atoms with Gasteiger partial charge in [0.15, 0.2) is 0 Å². The zero-order valence-corrected chi connectivity index (χ0v) is 9.73. The fraction of sp³-hybridized carbons (Fsp3) is 0.571. The van der Waals surface area contributed by atoms with E-state index in [4.69, 9.17) is 5.73 Å². The maximum absolute atomic E-state index is 9.66. The predicted molar refractivity (Wildman–Crippen MR) is 66.4 cm³/mol.